The maximum Gasteiger partial charge on any atom is 0.169 e. The Morgan fingerprint density at radius 1 is 1.17 bits per heavy atom. The van der Waals surface area contributed by atoms with Gasteiger partial charge in [0.1, 0.15) is 5.82 Å². The van der Waals surface area contributed by atoms with Gasteiger partial charge in [-0.15, -0.1) is 0 Å². The molecule has 0 aliphatic rings. The molecular weight excluding hydrogens is 253 g/mol. The van der Waals surface area contributed by atoms with Gasteiger partial charge in [0, 0.05) is 17.0 Å². The van der Waals surface area contributed by atoms with E-state index in [0.717, 1.165) is 0 Å². The summed E-state index contributed by atoms with van der Waals surface area (Å²) in [4.78, 5) is 12.0. The fourth-order valence-electron chi connectivity index (χ4n) is 1.69. The van der Waals surface area contributed by atoms with Crippen LogP contribution in [0, 0.1) is 5.82 Å². The largest absolute Gasteiger partial charge is 0.396 e. The van der Waals surface area contributed by atoms with Crippen molar-refractivity contribution in [2.24, 2.45) is 0 Å². The molecule has 2 rings (SSSR count). The number of carbonyl (C=O) groups excluding carboxylic acids is 1. The third kappa shape index (κ3) is 2.51. The van der Waals surface area contributed by atoms with Crippen molar-refractivity contribution in [3.8, 4) is 0 Å². The summed E-state index contributed by atoms with van der Waals surface area (Å²) in [5, 5.41) is 0.515. The van der Waals surface area contributed by atoms with E-state index in [4.69, 9.17) is 17.3 Å². The number of hydrogen-bond donors (Lipinski definition) is 1. The van der Waals surface area contributed by atoms with E-state index in [0.29, 0.717) is 10.6 Å². The highest BCUT2D eigenvalue weighted by molar-refractivity contribution is 6.31. The molecule has 0 heterocycles. The molecular formula is C14H11ClFNO. The van der Waals surface area contributed by atoms with Gasteiger partial charge in [-0.25, -0.2) is 4.39 Å². The number of anilines is 1. The number of para-hydroxylation sites is 1. The topological polar surface area (TPSA) is 43.1 Å². The molecule has 2 N–H and O–H groups in total. The lowest BCUT2D eigenvalue weighted by Gasteiger charge is -2.06. The molecule has 4 heteroatoms. The normalized spacial score (nSPS) is 10.3. The molecule has 0 aliphatic carbocycles. The lowest BCUT2D eigenvalue weighted by molar-refractivity contribution is 0.0993. The van der Waals surface area contributed by atoms with Crippen molar-refractivity contribution < 1.29 is 9.18 Å². The predicted octanol–water partition coefficient (Wildman–Crippen LogP) is 3.49. The minimum absolute atomic E-state index is 0.104. The highest BCUT2D eigenvalue weighted by Crippen LogP contribution is 2.21. The Morgan fingerprint density at radius 2 is 1.89 bits per heavy atom. The third-order valence-corrected chi connectivity index (χ3v) is 3.03. The predicted molar refractivity (Wildman–Crippen MR) is 70.3 cm³/mol. The number of hydrogen-bond acceptors (Lipinski definition) is 2. The SMILES string of the molecule is Nc1c(F)cccc1C(=O)Cc1ccccc1Cl. The Kier molecular flexibility index (Phi) is 3.63. The molecule has 0 fully saturated rings. The van der Waals surface area contributed by atoms with Crippen molar-refractivity contribution in [3.05, 3.63) is 64.4 Å². The fourth-order valence-corrected chi connectivity index (χ4v) is 1.89. The van der Waals surface area contributed by atoms with Crippen LogP contribution in [-0.4, -0.2) is 5.78 Å². The third-order valence-electron chi connectivity index (χ3n) is 2.66. The van der Waals surface area contributed by atoms with Crippen LogP contribution >= 0.6 is 11.6 Å². The van der Waals surface area contributed by atoms with Gasteiger partial charge in [0.15, 0.2) is 5.78 Å². The molecule has 0 spiro atoms. The van der Waals surface area contributed by atoms with E-state index in [1.807, 2.05) is 0 Å². The Morgan fingerprint density at radius 3 is 2.61 bits per heavy atom. The number of halogens is 2. The van der Waals surface area contributed by atoms with Crippen molar-refractivity contribution in [1.29, 1.82) is 0 Å². The van der Waals surface area contributed by atoms with E-state index in [9.17, 15) is 9.18 Å². The van der Waals surface area contributed by atoms with Crippen molar-refractivity contribution >= 4 is 23.1 Å². The van der Waals surface area contributed by atoms with Gasteiger partial charge in [-0.1, -0.05) is 35.9 Å². The number of carbonyl (C=O) groups is 1. The van der Waals surface area contributed by atoms with Gasteiger partial charge >= 0.3 is 0 Å². The van der Waals surface area contributed by atoms with Crippen LogP contribution in [0.25, 0.3) is 0 Å². The maximum absolute atomic E-state index is 13.3. The molecule has 0 unspecified atom stereocenters. The van der Waals surface area contributed by atoms with Crippen LogP contribution in [0.15, 0.2) is 42.5 Å². The van der Waals surface area contributed by atoms with E-state index in [1.165, 1.54) is 18.2 Å². The zero-order chi connectivity index (χ0) is 13.1. The molecule has 0 saturated carbocycles. The second kappa shape index (κ2) is 5.19. The van der Waals surface area contributed by atoms with E-state index in [1.54, 1.807) is 24.3 Å². The maximum atomic E-state index is 13.3. The Balaban J connectivity index is 2.28. The van der Waals surface area contributed by atoms with Gasteiger partial charge in [-0.05, 0) is 23.8 Å². The van der Waals surface area contributed by atoms with Gasteiger partial charge in [0.05, 0.1) is 5.69 Å². The molecule has 0 saturated heterocycles. The minimum atomic E-state index is -0.583. The summed E-state index contributed by atoms with van der Waals surface area (Å²) in [6, 6.07) is 11.2. The molecule has 0 aromatic heterocycles. The summed E-state index contributed by atoms with van der Waals surface area (Å²) in [5.41, 5.74) is 6.32. The van der Waals surface area contributed by atoms with Crippen LogP contribution < -0.4 is 5.73 Å². The second-order valence-corrected chi connectivity index (χ2v) is 4.30. The van der Waals surface area contributed by atoms with Crippen molar-refractivity contribution in [1.82, 2.24) is 0 Å². The molecule has 0 radical (unpaired) electrons. The van der Waals surface area contributed by atoms with Crippen molar-refractivity contribution in [2.75, 3.05) is 5.73 Å². The van der Waals surface area contributed by atoms with E-state index in [2.05, 4.69) is 0 Å². The summed E-state index contributed by atoms with van der Waals surface area (Å²) in [5.74, 6) is -0.833. The van der Waals surface area contributed by atoms with Gasteiger partial charge in [0.2, 0.25) is 0 Å². The highest BCUT2D eigenvalue weighted by Gasteiger charge is 2.14. The summed E-state index contributed by atoms with van der Waals surface area (Å²) >= 11 is 5.97. The number of rotatable bonds is 3. The highest BCUT2D eigenvalue weighted by atomic mass is 35.5. The van der Waals surface area contributed by atoms with Crippen molar-refractivity contribution in [2.45, 2.75) is 6.42 Å². The zero-order valence-electron chi connectivity index (χ0n) is 9.49. The van der Waals surface area contributed by atoms with Crippen LogP contribution in [0.1, 0.15) is 15.9 Å². The molecule has 0 aliphatic heterocycles. The first-order valence-corrected chi connectivity index (χ1v) is 5.78. The Bertz CT molecular complexity index is 598. The van der Waals surface area contributed by atoms with Gasteiger partial charge < -0.3 is 5.73 Å². The quantitative estimate of drug-likeness (QED) is 0.680. The molecule has 0 bridgehead atoms. The second-order valence-electron chi connectivity index (χ2n) is 3.89. The molecule has 2 nitrogen and oxygen atoms in total. The van der Waals surface area contributed by atoms with Crippen LogP contribution in [0.4, 0.5) is 10.1 Å². The smallest absolute Gasteiger partial charge is 0.169 e. The summed E-state index contributed by atoms with van der Waals surface area (Å²) in [7, 11) is 0. The minimum Gasteiger partial charge on any atom is -0.396 e. The number of nitrogens with two attached hydrogens (primary N) is 1. The Labute approximate surface area is 109 Å². The lowest BCUT2D eigenvalue weighted by atomic mass is 10.0. The van der Waals surface area contributed by atoms with Gasteiger partial charge in [-0.2, -0.15) is 0 Å². The first-order valence-electron chi connectivity index (χ1n) is 5.40. The van der Waals surface area contributed by atoms with Crippen LogP contribution in [-0.2, 0) is 6.42 Å². The fraction of sp³-hybridized carbons (Fsp3) is 0.0714. The molecule has 0 amide bonds. The zero-order valence-corrected chi connectivity index (χ0v) is 10.2. The molecule has 18 heavy (non-hydrogen) atoms. The van der Waals surface area contributed by atoms with E-state index >= 15 is 0 Å². The average molecular weight is 264 g/mol. The first-order chi connectivity index (χ1) is 8.59. The first kappa shape index (κ1) is 12.6. The van der Waals surface area contributed by atoms with E-state index < -0.39 is 5.82 Å². The Hall–Kier alpha value is -1.87. The standard InChI is InChI=1S/C14H11ClFNO/c15-11-6-2-1-4-9(11)8-13(18)10-5-3-7-12(16)14(10)17/h1-7H,8,17H2. The lowest BCUT2D eigenvalue weighted by Crippen LogP contribution is -2.08. The van der Waals surface area contributed by atoms with Crippen LogP contribution in [0.5, 0.6) is 0 Å². The average Bonchev–Trinajstić information content (AvgIpc) is 2.35. The van der Waals surface area contributed by atoms with Crippen LogP contribution in [0.2, 0.25) is 5.02 Å². The molecule has 2 aromatic carbocycles. The van der Waals surface area contributed by atoms with Crippen molar-refractivity contribution in [3.63, 3.8) is 0 Å². The number of ketones is 1. The summed E-state index contributed by atoms with van der Waals surface area (Å²) in [6.07, 6.45) is 0.104. The van der Waals surface area contributed by atoms with Crippen LogP contribution in [0.3, 0.4) is 0 Å². The monoisotopic (exact) mass is 263 g/mol. The summed E-state index contributed by atoms with van der Waals surface area (Å²) < 4.78 is 13.3. The number of nitrogen functional groups attached to an aromatic ring is 1. The summed E-state index contributed by atoms with van der Waals surface area (Å²) in [6.45, 7) is 0. The van der Waals surface area contributed by atoms with Gasteiger partial charge in [0.25, 0.3) is 0 Å². The number of Topliss-reactive ketones (excluding diaryl/α,β-unsaturated/α-hetero) is 1. The molecule has 92 valence electrons. The molecule has 2 aromatic rings. The number of benzene rings is 2. The van der Waals surface area contributed by atoms with E-state index in [-0.39, 0.29) is 23.5 Å². The van der Waals surface area contributed by atoms with Gasteiger partial charge in [-0.3, -0.25) is 4.79 Å². The molecule has 0 atom stereocenters.